The van der Waals surface area contributed by atoms with Crippen molar-refractivity contribution in [3.05, 3.63) is 0 Å². The van der Waals surface area contributed by atoms with Crippen LogP contribution in [0.5, 0.6) is 0 Å². The lowest BCUT2D eigenvalue weighted by atomic mass is 9.98. The molecule has 1 amide bonds. The summed E-state index contributed by atoms with van der Waals surface area (Å²) in [4.78, 5) is 16.6. The van der Waals surface area contributed by atoms with Gasteiger partial charge in [-0.2, -0.15) is 0 Å². The molecule has 0 aromatic carbocycles. The van der Waals surface area contributed by atoms with E-state index in [1.54, 1.807) is 0 Å². The van der Waals surface area contributed by atoms with Crippen molar-refractivity contribution in [2.45, 2.75) is 33.2 Å². The summed E-state index contributed by atoms with van der Waals surface area (Å²) in [5.74, 6) is 0.362. The zero-order valence-electron chi connectivity index (χ0n) is 11.9. The van der Waals surface area contributed by atoms with Crippen LogP contribution >= 0.6 is 0 Å². The molecular weight excluding hydrogens is 214 g/mol. The van der Waals surface area contributed by atoms with Crippen LogP contribution in [0.3, 0.4) is 0 Å². The molecule has 1 aliphatic heterocycles. The lowest BCUT2D eigenvalue weighted by Crippen LogP contribution is -2.59. The first-order valence-corrected chi connectivity index (χ1v) is 6.59. The van der Waals surface area contributed by atoms with E-state index < -0.39 is 0 Å². The Bertz CT molecular complexity index is 265. The van der Waals surface area contributed by atoms with E-state index in [2.05, 4.69) is 38.0 Å². The van der Waals surface area contributed by atoms with Crippen molar-refractivity contribution in [2.75, 3.05) is 39.8 Å². The van der Waals surface area contributed by atoms with Gasteiger partial charge in [-0.15, -0.1) is 0 Å². The van der Waals surface area contributed by atoms with Gasteiger partial charge < -0.3 is 10.2 Å². The Hall–Kier alpha value is -0.610. The number of hydrogen-bond acceptors (Lipinski definition) is 3. The van der Waals surface area contributed by atoms with Gasteiger partial charge in [0.25, 0.3) is 0 Å². The first-order chi connectivity index (χ1) is 7.88. The Balaban J connectivity index is 2.53. The molecule has 0 aliphatic carbocycles. The van der Waals surface area contributed by atoms with E-state index in [9.17, 15) is 4.79 Å². The highest BCUT2D eigenvalue weighted by Crippen LogP contribution is 2.20. The van der Waals surface area contributed by atoms with Crippen LogP contribution in [-0.2, 0) is 4.79 Å². The second-order valence-electron chi connectivity index (χ2n) is 5.70. The highest BCUT2D eigenvalue weighted by Gasteiger charge is 2.34. The zero-order valence-corrected chi connectivity index (χ0v) is 11.9. The van der Waals surface area contributed by atoms with Crippen LogP contribution < -0.4 is 5.32 Å². The fourth-order valence-corrected chi connectivity index (χ4v) is 2.19. The summed E-state index contributed by atoms with van der Waals surface area (Å²) in [6, 6.07) is 0. The molecule has 1 N–H and O–H groups in total. The monoisotopic (exact) mass is 241 g/mol. The fourth-order valence-electron chi connectivity index (χ4n) is 2.19. The van der Waals surface area contributed by atoms with Crippen molar-refractivity contribution >= 4 is 5.91 Å². The highest BCUT2D eigenvalue weighted by atomic mass is 16.2. The van der Waals surface area contributed by atoms with Gasteiger partial charge in [0.15, 0.2) is 0 Å². The maximum absolute atomic E-state index is 12.3. The molecule has 1 saturated heterocycles. The third kappa shape index (κ3) is 3.68. The molecule has 0 saturated carbocycles. The predicted molar refractivity (Wildman–Crippen MR) is 71.0 cm³/mol. The van der Waals surface area contributed by atoms with Gasteiger partial charge in [-0.05, 0) is 27.4 Å². The molecule has 100 valence electrons. The second-order valence-corrected chi connectivity index (χ2v) is 5.70. The van der Waals surface area contributed by atoms with E-state index in [0.717, 1.165) is 32.7 Å². The van der Waals surface area contributed by atoms with Crippen LogP contribution in [0.4, 0.5) is 0 Å². The van der Waals surface area contributed by atoms with Crippen LogP contribution in [-0.4, -0.2) is 61.0 Å². The molecule has 4 nitrogen and oxygen atoms in total. The number of rotatable bonds is 4. The maximum atomic E-state index is 12.3. The quantitative estimate of drug-likeness (QED) is 0.790. The average molecular weight is 241 g/mol. The third-order valence-corrected chi connectivity index (χ3v) is 3.75. The van der Waals surface area contributed by atoms with E-state index in [0.29, 0.717) is 0 Å². The van der Waals surface area contributed by atoms with Crippen LogP contribution in [0.2, 0.25) is 0 Å². The molecule has 0 radical (unpaired) electrons. The minimum atomic E-state index is 0.0779. The minimum absolute atomic E-state index is 0.0779. The lowest BCUT2D eigenvalue weighted by molar-refractivity contribution is -0.139. The van der Waals surface area contributed by atoms with Crippen LogP contribution in [0, 0.1) is 5.92 Å². The van der Waals surface area contributed by atoms with Gasteiger partial charge in [-0.1, -0.05) is 13.8 Å². The van der Waals surface area contributed by atoms with Gasteiger partial charge in [-0.25, -0.2) is 0 Å². The molecule has 1 atom stereocenters. The number of carbonyl (C=O) groups is 1. The van der Waals surface area contributed by atoms with E-state index in [1.165, 1.54) is 0 Å². The van der Waals surface area contributed by atoms with Crippen molar-refractivity contribution in [3.8, 4) is 0 Å². The number of carbonyl (C=O) groups excluding carboxylic acids is 1. The lowest BCUT2D eigenvalue weighted by Gasteiger charge is -2.45. The van der Waals surface area contributed by atoms with E-state index in [4.69, 9.17) is 0 Å². The van der Waals surface area contributed by atoms with Gasteiger partial charge in [0.2, 0.25) is 5.91 Å². The number of nitrogens with zero attached hydrogens (tertiary/aromatic N) is 2. The van der Waals surface area contributed by atoms with Crippen molar-refractivity contribution in [1.29, 1.82) is 0 Å². The molecular formula is C13H27N3O. The van der Waals surface area contributed by atoms with Crippen molar-refractivity contribution in [2.24, 2.45) is 5.92 Å². The van der Waals surface area contributed by atoms with E-state index >= 15 is 0 Å². The third-order valence-electron chi connectivity index (χ3n) is 3.75. The molecule has 1 rings (SSSR count). The minimum Gasteiger partial charge on any atom is -0.339 e. The average Bonchev–Trinajstić information content (AvgIpc) is 2.28. The second kappa shape index (κ2) is 5.83. The summed E-state index contributed by atoms with van der Waals surface area (Å²) in [5.41, 5.74) is 0.0891. The van der Waals surface area contributed by atoms with E-state index in [-0.39, 0.29) is 17.4 Å². The van der Waals surface area contributed by atoms with Gasteiger partial charge in [0.1, 0.15) is 0 Å². The van der Waals surface area contributed by atoms with Gasteiger partial charge in [-0.3, -0.25) is 9.69 Å². The van der Waals surface area contributed by atoms with Crippen LogP contribution in [0.15, 0.2) is 0 Å². The standard InChI is InChI=1S/C13H27N3O/c1-6-14-9-11(2)12(17)16-8-7-15(5)13(3,4)10-16/h11,14H,6-10H2,1-5H3. The molecule has 1 aliphatic rings. The first kappa shape index (κ1) is 14.5. The predicted octanol–water partition coefficient (Wildman–Crippen LogP) is 0.785. The van der Waals surface area contributed by atoms with E-state index in [1.807, 2.05) is 11.8 Å². The summed E-state index contributed by atoms with van der Waals surface area (Å²) in [5, 5.41) is 3.24. The normalized spacial score (nSPS) is 22.5. The van der Waals surface area contributed by atoms with Gasteiger partial charge in [0, 0.05) is 37.6 Å². The zero-order chi connectivity index (χ0) is 13.1. The van der Waals surface area contributed by atoms with Gasteiger partial charge in [0.05, 0.1) is 0 Å². The number of likely N-dealkylation sites (N-methyl/N-ethyl adjacent to an activating group) is 1. The number of amides is 1. The summed E-state index contributed by atoms with van der Waals surface area (Å²) < 4.78 is 0. The Morgan fingerprint density at radius 1 is 1.41 bits per heavy atom. The highest BCUT2D eigenvalue weighted by molar-refractivity contribution is 5.79. The molecule has 1 fully saturated rings. The number of nitrogens with one attached hydrogen (secondary N) is 1. The Morgan fingerprint density at radius 2 is 2.06 bits per heavy atom. The maximum Gasteiger partial charge on any atom is 0.226 e. The first-order valence-electron chi connectivity index (χ1n) is 6.59. The number of hydrogen-bond donors (Lipinski definition) is 1. The summed E-state index contributed by atoms with van der Waals surface area (Å²) in [7, 11) is 2.13. The summed E-state index contributed by atoms with van der Waals surface area (Å²) >= 11 is 0. The number of piperazine rings is 1. The van der Waals surface area contributed by atoms with Crippen molar-refractivity contribution < 1.29 is 4.79 Å². The smallest absolute Gasteiger partial charge is 0.226 e. The summed E-state index contributed by atoms with van der Waals surface area (Å²) in [6.07, 6.45) is 0. The molecule has 17 heavy (non-hydrogen) atoms. The molecule has 4 heteroatoms. The summed E-state index contributed by atoms with van der Waals surface area (Å²) in [6.45, 7) is 12.8. The molecule has 0 spiro atoms. The molecule has 1 heterocycles. The fraction of sp³-hybridized carbons (Fsp3) is 0.923. The molecule has 0 aromatic rings. The molecule has 0 bridgehead atoms. The largest absolute Gasteiger partial charge is 0.339 e. The van der Waals surface area contributed by atoms with Crippen LogP contribution in [0.1, 0.15) is 27.7 Å². The molecule has 0 aromatic heterocycles. The van der Waals surface area contributed by atoms with Crippen LogP contribution in [0.25, 0.3) is 0 Å². The Morgan fingerprint density at radius 3 is 2.59 bits per heavy atom. The SMILES string of the molecule is CCNCC(C)C(=O)N1CCN(C)C(C)(C)C1. The topological polar surface area (TPSA) is 35.6 Å². The van der Waals surface area contributed by atoms with Crippen molar-refractivity contribution in [1.82, 2.24) is 15.1 Å². The Labute approximate surface area is 105 Å². The molecule has 1 unspecified atom stereocenters. The van der Waals surface area contributed by atoms with Crippen molar-refractivity contribution in [3.63, 3.8) is 0 Å². The van der Waals surface area contributed by atoms with Gasteiger partial charge >= 0.3 is 0 Å². The Kier molecular flexibility index (Phi) is 4.95.